The van der Waals surface area contributed by atoms with Crippen LogP contribution in [0.4, 0.5) is 23.7 Å². The fraction of sp³-hybridized carbons (Fsp3) is 0.259. The minimum absolute atomic E-state index is 0.00408. The van der Waals surface area contributed by atoms with Crippen LogP contribution in [-0.4, -0.2) is 46.8 Å². The van der Waals surface area contributed by atoms with Crippen LogP contribution < -0.4 is 14.8 Å². The van der Waals surface area contributed by atoms with Crippen molar-refractivity contribution in [3.8, 4) is 17.2 Å². The number of hydrogen-bond donors (Lipinski definition) is 1. The van der Waals surface area contributed by atoms with Gasteiger partial charge in [0.2, 0.25) is 0 Å². The summed E-state index contributed by atoms with van der Waals surface area (Å²) in [5, 5.41) is 2.43. The first-order valence-electron chi connectivity index (χ1n) is 11.6. The molecule has 4 rings (SSSR count). The number of anilines is 1. The van der Waals surface area contributed by atoms with Crippen LogP contribution in [0.2, 0.25) is 0 Å². The fourth-order valence-corrected chi connectivity index (χ4v) is 4.15. The van der Waals surface area contributed by atoms with E-state index >= 15 is 0 Å². The molecule has 1 amide bonds. The van der Waals surface area contributed by atoms with Gasteiger partial charge in [-0.3, -0.25) is 5.32 Å². The number of hydrogen-bond acceptors (Lipinski definition) is 5. The third-order valence-corrected chi connectivity index (χ3v) is 6.77. The molecule has 0 aliphatic carbocycles. The first-order chi connectivity index (χ1) is 18.0. The molecule has 38 heavy (non-hydrogen) atoms. The highest BCUT2D eigenvalue weighted by Gasteiger charge is 2.36. The van der Waals surface area contributed by atoms with E-state index < -0.39 is 27.9 Å². The summed E-state index contributed by atoms with van der Waals surface area (Å²) in [6.45, 7) is 0.382. The van der Waals surface area contributed by atoms with E-state index in [1.165, 1.54) is 29.0 Å². The maximum absolute atomic E-state index is 13.9. The van der Waals surface area contributed by atoms with Gasteiger partial charge < -0.3 is 18.8 Å². The van der Waals surface area contributed by atoms with E-state index in [-0.39, 0.29) is 29.3 Å². The summed E-state index contributed by atoms with van der Waals surface area (Å²) >= 11 is 0. The highest BCUT2D eigenvalue weighted by atomic mass is 32.3. The molecule has 0 spiro atoms. The Kier molecular flexibility index (Phi) is 8.17. The molecule has 11 heteroatoms. The van der Waals surface area contributed by atoms with Crippen molar-refractivity contribution in [3.05, 3.63) is 78.6 Å². The molecule has 0 atom stereocenters. The van der Waals surface area contributed by atoms with Gasteiger partial charge in [-0.25, -0.2) is 19.8 Å². The Balaban J connectivity index is 1.50. The van der Waals surface area contributed by atoms with Crippen LogP contribution >= 0.6 is 10.0 Å². The van der Waals surface area contributed by atoms with Crippen LogP contribution in [-0.2, 0) is 17.6 Å². The summed E-state index contributed by atoms with van der Waals surface area (Å²) in [7, 11) is -0.785. The lowest BCUT2D eigenvalue weighted by Crippen LogP contribution is -2.16. The van der Waals surface area contributed by atoms with Gasteiger partial charge in [0.15, 0.2) is 0 Å². The molecule has 2 aromatic carbocycles. The number of nitrogens with one attached hydrogen (secondary N) is 1. The quantitative estimate of drug-likeness (QED) is 0.226. The summed E-state index contributed by atoms with van der Waals surface area (Å²) in [5.41, 5.74) is -0.322. The van der Waals surface area contributed by atoms with Gasteiger partial charge in [0.25, 0.3) is 0 Å². The average molecular weight is 548 g/mol. The number of carbonyl (C=O) groups is 1. The van der Waals surface area contributed by atoms with Crippen molar-refractivity contribution >= 4 is 32.8 Å². The first kappa shape index (κ1) is 27.3. The van der Waals surface area contributed by atoms with Gasteiger partial charge in [-0.1, -0.05) is 18.2 Å². The normalized spacial score (nSPS) is 12.4. The Morgan fingerprint density at radius 1 is 1.00 bits per heavy atom. The van der Waals surface area contributed by atoms with Gasteiger partial charge >= 0.3 is 12.3 Å². The maximum Gasteiger partial charge on any atom is 0.418 e. The number of fused-ring (bicyclic) bond motifs is 1. The zero-order valence-corrected chi connectivity index (χ0v) is 21.9. The van der Waals surface area contributed by atoms with Crippen molar-refractivity contribution < 1.29 is 32.2 Å². The maximum atomic E-state index is 13.9. The second-order valence-corrected chi connectivity index (χ2v) is 13.9. The second kappa shape index (κ2) is 11.4. The number of carbonyl (C=O) groups excluding carboxylic acids is 1. The minimum atomic E-state index is -4.62. The number of alkyl halides is 3. The smallest absolute Gasteiger partial charge is 0.418 e. The molecule has 4 aromatic rings. The number of rotatable bonds is 9. The first-order valence-corrected chi connectivity index (χ1v) is 14.6. The molecule has 0 bridgehead atoms. The summed E-state index contributed by atoms with van der Waals surface area (Å²) in [6.07, 6.45) is 3.53. The zero-order chi connectivity index (χ0) is 27.3. The van der Waals surface area contributed by atoms with Crippen LogP contribution in [0.25, 0.3) is 11.0 Å². The van der Waals surface area contributed by atoms with Crippen molar-refractivity contribution in [1.29, 1.82) is 0 Å². The largest absolute Gasteiger partial charge is 0.457 e. The molecule has 0 fully saturated rings. The molecule has 0 radical (unpaired) electrons. The average Bonchev–Trinajstić information content (AvgIpc) is 3.23. The van der Waals surface area contributed by atoms with E-state index in [4.69, 9.17) is 14.2 Å². The highest BCUT2D eigenvalue weighted by molar-refractivity contribution is 8.32. The van der Waals surface area contributed by atoms with Crippen LogP contribution in [0.15, 0.2) is 73.1 Å². The Labute approximate surface area is 219 Å². The summed E-state index contributed by atoms with van der Waals surface area (Å²) in [5.74, 6) is 1.52. The molecule has 202 valence electrons. The van der Waals surface area contributed by atoms with E-state index in [0.29, 0.717) is 18.0 Å². The second-order valence-electron chi connectivity index (χ2n) is 9.30. The molecule has 2 aromatic heterocycles. The van der Waals surface area contributed by atoms with E-state index in [2.05, 4.69) is 29.1 Å². The van der Waals surface area contributed by atoms with Crippen LogP contribution in [0, 0.1) is 0 Å². The third kappa shape index (κ3) is 7.20. The van der Waals surface area contributed by atoms with Crippen molar-refractivity contribution in [3.63, 3.8) is 0 Å². The number of ether oxygens (including phenoxy) is 3. The number of nitrogens with zero attached hydrogens (tertiary/aromatic N) is 2. The molecule has 1 N–H and O–H groups in total. The van der Waals surface area contributed by atoms with E-state index in [9.17, 15) is 18.0 Å². The van der Waals surface area contributed by atoms with Gasteiger partial charge in [0.1, 0.15) is 29.6 Å². The van der Waals surface area contributed by atoms with E-state index in [0.717, 1.165) is 11.9 Å². The van der Waals surface area contributed by atoms with Gasteiger partial charge in [0, 0.05) is 23.8 Å². The number of pyridine rings is 1. The molecular weight excluding hydrogens is 519 g/mol. The summed E-state index contributed by atoms with van der Waals surface area (Å²) in [6, 6.07) is 16.1. The topological polar surface area (TPSA) is 74.6 Å². The van der Waals surface area contributed by atoms with E-state index in [1.807, 2.05) is 0 Å². The van der Waals surface area contributed by atoms with Crippen molar-refractivity contribution in [2.75, 3.05) is 36.4 Å². The minimum Gasteiger partial charge on any atom is -0.457 e. The number of halogens is 3. The molecule has 0 aliphatic heterocycles. The predicted octanol–water partition coefficient (Wildman–Crippen LogP) is 7.13. The number of benzene rings is 2. The van der Waals surface area contributed by atoms with Crippen LogP contribution in [0.1, 0.15) is 5.56 Å². The zero-order valence-electron chi connectivity index (χ0n) is 21.1. The highest BCUT2D eigenvalue weighted by Crippen LogP contribution is 2.41. The predicted molar refractivity (Wildman–Crippen MR) is 144 cm³/mol. The Bertz CT molecular complexity index is 1390. The monoisotopic (exact) mass is 547 g/mol. The van der Waals surface area contributed by atoms with Crippen molar-refractivity contribution in [2.45, 2.75) is 12.9 Å². The van der Waals surface area contributed by atoms with Gasteiger partial charge in [-0.05, 0) is 61.2 Å². The molecule has 0 saturated heterocycles. The molecule has 7 nitrogen and oxygen atoms in total. The molecular formula is C27H28F3N3O4S. The van der Waals surface area contributed by atoms with Gasteiger partial charge in [-0.15, -0.1) is 0 Å². The summed E-state index contributed by atoms with van der Waals surface area (Å²) < 4.78 is 59.8. The fourth-order valence-electron chi connectivity index (χ4n) is 3.53. The molecule has 2 heterocycles. The number of para-hydroxylation sites is 1. The Morgan fingerprint density at radius 3 is 2.37 bits per heavy atom. The molecule has 0 unspecified atom stereocenters. The number of amides is 1. The molecule has 0 aliphatic rings. The van der Waals surface area contributed by atoms with Crippen molar-refractivity contribution in [1.82, 2.24) is 9.55 Å². The van der Waals surface area contributed by atoms with E-state index in [1.54, 1.807) is 42.5 Å². The van der Waals surface area contributed by atoms with Gasteiger partial charge in [0.05, 0.1) is 17.6 Å². The Morgan fingerprint density at radius 2 is 1.71 bits per heavy atom. The van der Waals surface area contributed by atoms with Crippen LogP contribution in [0.3, 0.4) is 0 Å². The SMILES string of the molecule is CS(C)(C)CCOCn1cc(C(F)(F)F)c2c(Oc3ccc(NC(=O)Oc4ccccc4)cc3)ccnc21. The molecule has 0 saturated carbocycles. The summed E-state index contributed by atoms with van der Waals surface area (Å²) in [4.78, 5) is 16.3. The lowest BCUT2D eigenvalue weighted by atomic mass is 10.2. The Hall–Kier alpha value is -3.70. The van der Waals surface area contributed by atoms with Gasteiger partial charge in [-0.2, -0.15) is 13.2 Å². The van der Waals surface area contributed by atoms with Crippen molar-refractivity contribution in [2.24, 2.45) is 0 Å². The standard InChI is InChI=1S/C27H28F3N3O4S/c1-38(2,3)16-15-35-18-33-17-22(27(28,29)30)24-23(13-14-31-25(24)33)36-21-11-9-19(10-12-21)32-26(34)37-20-7-5-4-6-8-20/h4-14,17H,15-16,18H2,1-3H3,(H,32,34). The lowest BCUT2D eigenvalue weighted by molar-refractivity contribution is -0.136. The number of aromatic nitrogens is 2. The lowest BCUT2D eigenvalue weighted by Gasteiger charge is -2.24. The van der Waals surface area contributed by atoms with Crippen LogP contribution in [0.5, 0.6) is 17.2 Å². The third-order valence-electron chi connectivity index (χ3n) is 5.38.